The van der Waals surface area contributed by atoms with Gasteiger partial charge in [-0.3, -0.25) is 4.79 Å². The van der Waals surface area contributed by atoms with Crippen molar-refractivity contribution in [1.82, 2.24) is 5.32 Å². The highest BCUT2D eigenvalue weighted by molar-refractivity contribution is 9.10. The fourth-order valence-electron chi connectivity index (χ4n) is 2.85. The van der Waals surface area contributed by atoms with E-state index in [-0.39, 0.29) is 5.92 Å². The number of nitrogens with one attached hydrogen (secondary N) is 1. The zero-order valence-corrected chi connectivity index (χ0v) is 13.9. The van der Waals surface area contributed by atoms with Crippen LogP contribution in [0.2, 0.25) is 0 Å². The van der Waals surface area contributed by atoms with Crippen LogP contribution in [0.3, 0.4) is 0 Å². The Kier molecular flexibility index (Phi) is 6.06. The number of carboxylic acid groups (broad SMARTS) is 1. The van der Waals surface area contributed by atoms with Gasteiger partial charge in [-0.25, -0.2) is 0 Å². The Bertz CT molecular complexity index is 484. The quantitative estimate of drug-likeness (QED) is 0.820. The molecule has 116 valence electrons. The molecular formula is C16H22BrNO3. The molecule has 0 aromatic heterocycles. The summed E-state index contributed by atoms with van der Waals surface area (Å²) < 4.78 is 6.18. The van der Waals surface area contributed by atoms with Crippen molar-refractivity contribution in [2.75, 3.05) is 13.7 Å². The van der Waals surface area contributed by atoms with Crippen LogP contribution in [0.1, 0.15) is 31.2 Å². The first-order chi connectivity index (χ1) is 10.1. The smallest absolute Gasteiger partial charge is 0.306 e. The summed E-state index contributed by atoms with van der Waals surface area (Å²) in [4.78, 5) is 10.9. The molecule has 1 saturated carbocycles. The van der Waals surface area contributed by atoms with Gasteiger partial charge in [0.1, 0.15) is 5.75 Å². The normalized spacial score (nSPS) is 22.0. The Morgan fingerprint density at radius 3 is 2.67 bits per heavy atom. The van der Waals surface area contributed by atoms with Gasteiger partial charge < -0.3 is 15.2 Å². The summed E-state index contributed by atoms with van der Waals surface area (Å²) in [5.74, 6) is 0.677. The van der Waals surface area contributed by atoms with Crippen LogP contribution in [0.4, 0.5) is 0 Å². The van der Waals surface area contributed by atoms with Gasteiger partial charge in [-0.15, -0.1) is 0 Å². The Morgan fingerprint density at radius 1 is 1.38 bits per heavy atom. The molecule has 1 aromatic rings. The SMILES string of the molecule is COc1ccc(CNCC2CCC(C(=O)O)CC2)cc1Br. The fourth-order valence-corrected chi connectivity index (χ4v) is 3.44. The summed E-state index contributed by atoms with van der Waals surface area (Å²) in [6, 6.07) is 6.07. The fraction of sp³-hybridized carbons (Fsp3) is 0.562. The molecule has 1 fully saturated rings. The molecule has 0 heterocycles. The van der Waals surface area contributed by atoms with Gasteiger partial charge in [0.25, 0.3) is 0 Å². The standard InChI is InChI=1S/C16H22BrNO3/c1-21-15-7-4-12(8-14(15)17)10-18-9-11-2-5-13(6-3-11)16(19)20/h4,7-8,11,13,18H,2-3,5-6,9-10H2,1H3,(H,19,20). The van der Waals surface area contributed by atoms with Crippen molar-refractivity contribution in [1.29, 1.82) is 0 Å². The molecule has 1 aliphatic carbocycles. The van der Waals surface area contributed by atoms with Crippen LogP contribution in [0, 0.1) is 11.8 Å². The van der Waals surface area contributed by atoms with Crippen LogP contribution in [0.15, 0.2) is 22.7 Å². The Labute approximate surface area is 134 Å². The van der Waals surface area contributed by atoms with Crippen molar-refractivity contribution in [2.45, 2.75) is 32.2 Å². The minimum absolute atomic E-state index is 0.126. The molecular weight excluding hydrogens is 334 g/mol. The number of rotatable bonds is 6. The van der Waals surface area contributed by atoms with Gasteiger partial charge in [0.05, 0.1) is 17.5 Å². The first kappa shape index (κ1) is 16.3. The van der Waals surface area contributed by atoms with Crippen molar-refractivity contribution in [2.24, 2.45) is 11.8 Å². The molecule has 5 heteroatoms. The van der Waals surface area contributed by atoms with E-state index in [0.717, 1.165) is 49.0 Å². The van der Waals surface area contributed by atoms with Crippen molar-refractivity contribution >= 4 is 21.9 Å². The number of aliphatic carboxylic acids is 1. The van der Waals surface area contributed by atoms with Gasteiger partial charge in [0.2, 0.25) is 0 Å². The zero-order valence-electron chi connectivity index (χ0n) is 12.3. The molecule has 1 aromatic carbocycles. The minimum atomic E-state index is -0.635. The summed E-state index contributed by atoms with van der Waals surface area (Å²) in [5, 5.41) is 12.5. The topological polar surface area (TPSA) is 58.6 Å². The molecule has 0 radical (unpaired) electrons. The van der Waals surface area contributed by atoms with E-state index in [2.05, 4.69) is 33.4 Å². The van der Waals surface area contributed by atoms with E-state index in [0.29, 0.717) is 5.92 Å². The highest BCUT2D eigenvalue weighted by Gasteiger charge is 2.25. The minimum Gasteiger partial charge on any atom is -0.496 e. The predicted octanol–water partition coefficient (Wildman–Crippen LogP) is 3.44. The van der Waals surface area contributed by atoms with Crippen LogP contribution in [-0.4, -0.2) is 24.7 Å². The lowest BCUT2D eigenvalue weighted by molar-refractivity contribution is -0.143. The molecule has 2 rings (SSSR count). The van der Waals surface area contributed by atoms with E-state index < -0.39 is 5.97 Å². The van der Waals surface area contributed by atoms with E-state index in [4.69, 9.17) is 9.84 Å². The van der Waals surface area contributed by atoms with E-state index in [1.54, 1.807) is 7.11 Å². The third-order valence-electron chi connectivity index (χ3n) is 4.17. The van der Waals surface area contributed by atoms with Crippen LogP contribution >= 0.6 is 15.9 Å². The van der Waals surface area contributed by atoms with E-state index in [9.17, 15) is 4.79 Å². The maximum absolute atomic E-state index is 10.9. The number of halogens is 1. The number of hydrogen-bond donors (Lipinski definition) is 2. The monoisotopic (exact) mass is 355 g/mol. The summed E-state index contributed by atoms with van der Waals surface area (Å²) in [6.45, 7) is 1.78. The molecule has 0 unspecified atom stereocenters. The van der Waals surface area contributed by atoms with Gasteiger partial charge in [0.15, 0.2) is 0 Å². The maximum atomic E-state index is 10.9. The molecule has 0 atom stereocenters. The summed E-state index contributed by atoms with van der Waals surface area (Å²) in [7, 11) is 1.66. The lowest BCUT2D eigenvalue weighted by atomic mass is 9.82. The van der Waals surface area contributed by atoms with Crippen LogP contribution in [0.5, 0.6) is 5.75 Å². The van der Waals surface area contributed by atoms with Crippen LogP contribution in [0.25, 0.3) is 0 Å². The maximum Gasteiger partial charge on any atom is 0.306 e. The Balaban J connectivity index is 1.73. The third-order valence-corrected chi connectivity index (χ3v) is 4.79. The van der Waals surface area contributed by atoms with E-state index in [1.165, 1.54) is 5.56 Å². The van der Waals surface area contributed by atoms with Crippen molar-refractivity contribution in [3.05, 3.63) is 28.2 Å². The first-order valence-electron chi connectivity index (χ1n) is 7.36. The van der Waals surface area contributed by atoms with Gasteiger partial charge in [-0.1, -0.05) is 6.07 Å². The summed E-state index contributed by atoms with van der Waals surface area (Å²) >= 11 is 3.49. The molecule has 4 nitrogen and oxygen atoms in total. The Hall–Kier alpha value is -1.07. The summed E-state index contributed by atoms with van der Waals surface area (Å²) in [6.07, 6.45) is 3.65. The third kappa shape index (κ3) is 4.71. The second-order valence-corrected chi connectivity index (χ2v) is 6.51. The number of carbonyl (C=O) groups is 1. The van der Waals surface area contributed by atoms with Crippen molar-refractivity contribution in [3.8, 4) is 5.75 Å². The first-order valence-corrected chi connectivity index (χ1v) is 8.15. The van der Waals surface area contributed by atoms with Crippen molar-refractivity contribution < 1.29 is 14.6 Å². The molecule has 0 aliphatic heterocycles. The van der Waals surface area contributed by atoms with Crippen LogP contribution in [-0.2, 0) is 11.3 Å². The number of hydrogen-bond acceptors (Lipinski definition) is 3. The molecule has 0 bridgehead atoms. The molecule has 0 saturated heterocycles. The number of methoxy groups -OCH3 is 1. The average molecular weight is 356 g/mol. The molecule has 0 amide bonds. The van der Waals surface area contributed by atoms with E-state index in [1.807, 2.05) is 6.07 Å². The van der Waals surface area contributed by atoms with Gasteiger partial charge in [0, 0.05) is 6.54 Å². The second kappa shape index (κ2) is 7.80. The van der Waals surface area contributed by atoms with Gasteiger partial charge in [-0.2, -0.15) is 0 Å². The Morgan fingerprint density at radius 2 is 2.10 bits per heavy atom. The van der Waals surface area contributed by atoms with Crippen molar-refractivity contribution in [3.63, 3.8) is 0 Å². The average Bonchev–Trinajstić information content (AvgIpc) is 2.48. The lowest BCUT2D eigenvalue weighted by Gasteiger charge is -2.26. The lowest BCUT2D eigenvalue weighted by Crippen LogP contribution is -2.28. The van der Waals surface area contributed by atoms with Gasteiger partial charge >= 0.3 is 5.97 Å². The molecule has 1 aliphatic rings. The van der Waals surface area contributed by atoms with Gasteiger partial charge in [-0.05, 0) is 71.8 Å². The van der Waals surface area contributed by atoms with Crippen LogP contribution < -0.4 is 10.1 Å². The highest BCUT2D eigenvalue weighted by Crippen LogP contribution is 2.29. The zero-order chi connectivity index (χ0) is 15.2. The second-order valence-electron chi connectivity index (χ2n) is 5.66. The molecule has 0 spiro atoms. The van der Waals surface area contributed by atoms with E-state index >= 15 is 0 Å². The highest BCUT2D eigenvalue weighted by atomic mass is 79.9. The number of carboxylic acids is 1. The number of ether oxygens (including phenoxy) is 1. The predicted molar refractivity (Wildman–Crippen MR) is 85.5 cm³/mol. The summed E-state index contributed by atoms with van der Waals surface area (Å²) in [5.41, 5.74) is 1.21. The molecule has 2 N–H and O–H groups in total. The largest absolute Gasteiger partial charge is 0.496 e. The molecule has 21 heavy (non-hydrogen) atoms. The number of benzene rings is 1.